The summed E-state index contributed by atoms with van der Waals surface area (Å²) >= 11 is 0. The van der Waals surface area contributed by atoms with Gasteiger partial charge in [0.1, 0.15) is 11.0 Å². The molecule has 49 heavy (non-hydrogen) atoms. The molecule has 234 valence electrons. The van der Waals surface area contributed by atoms with Gasteiger partial charge < -0.3 is 14.2 Å². The van der Waals surface area contributed by atoms with Crippen LogP contribution in [-0.2, 0) is 0 Å². The average Bonchev–Trinajstić information content (AvgIpc) is 3.55. The van der Waals surface area contributed by atoms with E-state index in [0.29, 0.717) is 0 Å². The molecule has 0 saturated heterocycles. The summed E-state index contributed by atoms with van der Waals surface area (Å²) in [5, 5.41) is 4.74. The van der Waals surface area contributed by atoms with E-state index in [1.165, 1.54) is 32.5 Å². The van der Waals surface area contributed by atoms with E-state index in [4.69, 9.17) is 4.42 Å². The van der Waals surface area contributed by atoms with Crippen LogP contribution in [0.25, 0.3) is 45.0 Å². The number of nitrogens with zero attached hydrogens (tertiary/aromatic N) is 2. The molecule has 1 aliphatic rings. The van der Waals surface area contributed by atoms with Crippen molar-refractivity contribution in [3.05, 3.63) is 187 Å². The molecule has 0 saturated carbocycles. The number of hydrogen-bond donors (Lipinski definition) is 0. The molecule has 0 N–H and O–H groups in total. The third kappa shape index (κ3) is 5.17. The van der Waals surface area contributed by atoms with Gasteiger partial charge in [-0.3, -0.25) is 0 Å². The van der Waals surface area contributed by atoms with Crippen LogP contribution in [-0.4, -0.2) is 6.04 Å². The van der Waals surface area contributed by atoms with Crippen molar-refractivity contribution >= 4 is 62.3 Å². The summed E-state index contributed by atoms with van der Waals surface area (Å²) in [4.78, 5) is 4.76. The van der Waals surface area contributed by atoms with Crippen LogP contribution in [0.4, 0.5) is 28.4 Å². The largest absolute Gasteiger partial charge is 0.456 e. The lowest BCUT2D eigenvalue weighted by atomic mass is 9.93. The molecule has 8 aromatic rings. The molecular weight excluding hydrogens is 597 g/mol. The Labute approximate surface area is 285 Å². The first-order valence-electron chi connectivity index (χ1n) is 16.9. The van der Waals surface area contributed by atoms with E-state index in [0.717, 1.165) is 45.9 Å². The molecule has 3 heteroatoms. The predicted octanol–water partition coefficient (Wildman–Crippen LogP) is 10.9. The summed E-state index contributed by atoms with van der Waals surface area (Å²) in [6.45, 7) is 0. The van der Waals surface area contributed by atoms with Crippen LogP contribution in [0.5, 0.6) is 0 Å². The highest BCUT2D eigenvalue weighted by atomic mass is 16.3. The first-order chi connectivity index (χ1) is 24.3. The Balaban J connectivity index is 1.20. The van der Waals surface area contributed by atoms with E-state index in [-0.39, 0.29) is 6.04 Å². The number of benzene rings is 7. The van der Waals surface area contributed by atoms with Crippen LogP contribution in [0, 0.1) is 0 Å². The first-order valence-corrected chi connectivity index (χ1v) is 16.9. The van der Waals surface area contributed by atoms with Gasteiger partial charge >= 0.3 is 0 Å². The van der Waals surface area contributed by atoms with Crippen LogP contribution in [0.2, 0.25) is 0 Å². The molecule has 0 fully saturated rings. The zero-order chi connectivity index (χ0) is 32.6. The molecule has 1 aromatic heterocycles. The fourth-order valence-corrected chi connectivity index (χ4v) is 7.41. The lowest BCUT2D eigenvalue weighted by molar-refractivity contribution is 0.568. The molecule has 3 nitrogen and oxygen atoms in total. The van der Waals surface area contributed by atoms with Crippen molar-refractivity contribution in [3.63, 3.8) is 0 Å². The number of fused-ring (bicyclic) bond motifs is 4. The molecule has 9 rings (SSSR count). The third-order valence-corrected chi connectivity index (χ3v) is 9.55. The Morgan fingerprint density at radius 3 is 1.63 bits per heavy atom. The lowest BCUT2D eigenvalue weighted by Crippen LogP contribution is -2.36. The Hall–Kier alpha value is -6.32. The third-order valence-electron chi connectivity index (χ3n) is 9.55. The van der Waals surface area contributed by atoms with Gasteiger partial charge in [-0.1, -0.05) is 121 Å². The van der Waals surface area contributed by atoms with E-state index in [9.17, 15) is 0 Å². The molecule has 0 amide bonds. The van der Waals surface area contributed by atoms with Crippen molar-refractivity contribution in [2.75, 3.05) is 9.80 Å². The maximum absolute atomic E-state index is 6.67. The van der Waals surface area contributed by atoms with Crippen molar-refractivity contribution in [1.29, 1.82) is 0 Å². The normalized spacial score (nSPS) is 13.8. The molecule has 7 aromatic carbocycles. The van der Waals surface area contributed by atoms with Gasteiger partial charge in [-0.05, 0) is 89.7 Å². The molecule has 0 aliphatic heterocycles. The van der Waals surface area contributed by atoms with E-state index in [1.54, 1.807) is 0 Å². The molecule has 0 bridgehead atoms. The van der Waals surface area contributed by atoms with Crippen molar-refractivity contribution in [1.82, 2.24) is 0 Å². The van der Waals surface area contributed by atoms with Crippen LogP contribution in [0.1, 0.15) is 6.42 Å². The van der Waals surface area contributed by atoms with Crippen LogP contribution < -0.4 is 20.4 Å². The van der Waals surface area contributed by atoms with Gasteiger partial charge in [0.15, 0.2) is 0 Å². The summed E-state index contributed by atoms with van der Waals surface area (Å²) < 4.78 is 6.67. The number of furan rings is 1. The minimum atomic E-state index is 0.114. The van der Waals surface area contributed by atoms with E-state index in [2.05, 4.69) is 198 Å². The van der Waals surface area contributed by atoms with Gasteiger partial charge in [-0.15, -0.1) is 0 Å². The fraction of sp³-hybridized carbons (Fsp3) is 0.0435. The van der Waals surface area contributed by atoms with E-state index >= 15 is 0 Å². The van der Waals surface area contributed by atoms with Crippen LogP contribution in [0.3, 0.4) is 0 Å². The summed E-state index contributed by atoms with van der Waals surface area (Å²) in [6.07, 6.45) is 5.54. The zero-order valence-electron chi connectivity index (χ0n) is 27.0. The lowest BCUT2D eigenvalue weighted by Gasteiger charge is -2.32. The fourth-order valence-electron chi connectivity index (χ4n) is 7.41. The van der Waals surface area contributed by atoms with Crippen molar-refractivity contribution in [3.8, 4) is 11.1 Å². The van der Waals surface area contributed by atoms with Crippen molar-refractivity contribution in [2.24, 2.45) is 0 Å². The minimum Gasteiger partial charge on any atom is -0.456 e. The second-order valence-electron chi connectivity index (χ2n) is 12.5. The summed E-state index contributed by atoms with van der Waals surface area (Å²) in [5.41, 5.74) is 9.92. The first kappa shape index (κ1) is 28.9. The Morgan fingerprint density at radius 2 is 1.02 bits per heavy atom. The predicted molar refractivity (Wildman–Crippen MR) is 205 cm³/mol. The smallest absolute Gasteiger partial charge is 0.136 e. The van der Waals surface area contributed by atoms with E-state index < -0.39 is 0 Å². The van der Waals surface area contributed by atoms with Crippen molar-refractivity contribution < 1.29 is 4.42 Å². The molecule has 0 spiro atoms. The van der Waals surface area contributed by atoms with Crippen molar-refractivity contribution in [2.45, 2.75) is 12.5 Å². The highest BCUT2D eigenvalue weighted by Gasteiger charge is 2.23. The monoisotopic (exact) mass is 630 g/mol. The molecule has 1 aliphatic carbocycles. The maximum Gasteiger partial charge on any atom is 0.136 e. The van der Waals surface area contributed by atoms with E-state index in [1.807, 2.05) is 0 Å². The van der Waals surface area contributed by atoms with Gasteiger partial charge in [0, 0.05) is 38.7 Å². The highest BCUT2D eigenvalue weighted by molar-refractivity contribution is 6.10. The van der Waals surface area contributed by atoms with Crippen LogP contribution in [0.15, 0.2) is 180 Å². The molecule has 0 radical (unpaired) electrons. The molecule has 1 unspecified atom stereocenters. The standard InChI is InChI=1S/C46H34N2O/c1-5-16-33(17-6-1)47(34-18-7-2-8-19-34)37-28-29-42-45(32-37)49-44-27-15-26-41(46(42)44)39-30-31-43(40-25-14-13-24-38(39)40)48(35-20-9-3-10-21-35)36-22-11-4-12-23-36/h1-27,29-32,37H,28H2. The molecule has 1 heterocycles. The number of para-hydroxylation sites is 4. The van der Waals surface area contributed by atoms with Gasteiger partial charge in [0.2, 0.25) is 0 Å². The minimum absolute atomic E-state index is 0.114. The summed E-state index contributed by atoms with van der Waals surface area (Å²) in [5.74, 6) is 0. The average molecular weight is 631 g/mol. The topological polar surface area (TPSA) is 19.6 Å². The number of hydrogen-bond acceptors (Lipinski definition) is 3. The summed E-state index contributed by atoms with van der Waals surface area (Å²) in [7, 11) is 0. The van der Waals surface area contributed by atoms with Gasteiger partial charge in [-0.25, -0.2) is 0 Å². The highest BCUT2D eigenvalue weighted by Crippen LogP contribution is 2.42. The zero-order valence-corrected chi connectivity index (χ0v) is 27.0. The Morgan fingerprint density at radius 1 is 0.469 bits per heavy atom. The second-order valence-corrected chi connectivity index (χ2v) is 12.5. The second kappa shape index (κ2) is 12.4. The molecular formula is C46H34N2O. The van der Waals surface area contributed by atoms with Gasteiger partial charge in [0.05, 0.1) is 11.7 Å². The summed E-state index contributed by atoms with van der Waals surface area (Å²) in [6, 6.07) is 62.4. The van der Waals surface area contributed by atoms with Gasteiger partial charge in [-0.2, -0.15) is 0 Å². The maximum atomic E-state index is 6.67. The number of anilines is 5. The molecule has 1 atom stereocenters. The number of rotatable bonds is 7. The Kier molecular flexibility index (Phi) is 7.29. The van der Waals surface area contributed by atoms with Crippen LogP contribution >= 0.6 is 0 Å². The SMILES string of the molecule is C1=c2oc3cccc(-c4ccc(N(c5ccccc5)c5ccccc5)c5ccccc45)c3c2=CCC1N(c1ccccc1)c1ccccc1. The Bertz CT molecular complexity index is 2450. The van der Waals surface area contributed by atoms with Gasteiger partial charge in [0.25, 0.3) is 0 Å². The quantitative estimate of drug-likeness (QED) is 0.175.